The summed E-state index contributed by atoms with van der Waals surface area (Å²) in [5, 5.41) is 2.85. The highest BCUT2D eigenvalue weighted by Crippen LogP contribution is 2.29. The molecule has 1 N–H and O–H groups in total. The number of nitrogens with zero attached hydrogens (tertiary/aromatic N) is 1. The summed E-state index contributed by atoms with van der Waals surface area (Å²) >= 11 is 0. The lowest BCUT2D eigenvalue weighted by atomic mass is 9.87. The standard InChI is InChI=1S/C23H32N2O5S/c1-16(20-14-19(29-5)12-13-21(20)30-6)24-22(26)15-25(31(7,27)28)18-10-8-17(9-11-18)23(2,3)4/h8-14,16H,15H2,1-7H3,(H,24,26). The Morgan fingerprint density at radius 3 is 2.16 bits per heavy atom. The van der Waals surface area contributed by atoms with Gasteiger partial charge in [-0.05, 0) is 48.2 Å². The van der Waals surface area contributed by atoms with E-state index in [2.05, 4.69) is 26.1 Å². The van der Waals surface area contributed by atoms with E-state index in [1.54, 1.807) is 51.5 Å². The number of anilines is 1. The van der Waals surface area contributed by atoms with Gasteiger partial charge >= 0.3 is 0 Å². The van der Waals surface area contributed by atoms with E-state index in [-0.39, 0.29) is 12.0 Å². The van der Waals surface area contributed by atoms with Gasteiger partial charge in [0.15, 0.2) is 0 Å². The van der Waals surface area contributed by atoms with Gasteiger partial charge in [0.05, 0.1) is 32.2 Å². The maximum atomic E-state index is 12.7. The number of hydrogen-bond acceptors (Lipinski definition) is 5. The van der Waals surface area contributed by atoms with Crippen molar-refractivity contribution in [3.8, 4) is 11.5 Å². The normalized spacial score (nSPS) is 12.7. The molecule has 1 amide bonds. The third kappa shape index (κ3) is 6.37. The predicted molar refractivity (Wildman–Crippen MR) is 123 cm³/mol. The van der Waals surface area contributed by atoms with Gasteiger partial charge in [0, 0.05) is 5.56 Å². The van der Waals surface area contributed by atoms with Crippen LogP contribution in [0.1, 0.15) is 44.9 Å². The van der Waals surface area contributed by atoms with Crippen LogP contribution in [0, 0.1) is 0 Å². The number of nitrogens with one attached hydrogen (secondary N) is 1. The highest BCUT2D eigenvalue weighted by atomic mass is 32.2. The molecule has 31 heavy (non-hydrogen) atoms. The van der Waals surface area contributed by atoms with Crippen molar-refractivity contribution in [2.75, 3.05) is 31.3 Å². The molecule has 0 bridgehead atoms. The first kappa shape index (κ1) is 24.5. The number of rotatable bonds is 8. The number of sulfonamides is 1. The van der Waals surface area contributed by atoms with Crippen molar-refractivity contribution in [1.29, 1.82) is 0 Å². The summed E-state index contributed by atoms with van der Waals surface area (Å²) in [4.78, 5) is 12.7. The van der Waals surface area contributed by atoms with Gasteiger partial charge in [0.1, 0.15) is 18.0 Å². The molecule has 0 aliphatic carbocycles. The highest BCUT2D eigenvalue weighted by molar-refractivity contribution is 7.92. The summed E-state index contributed by atoms with van der Waals surface area (Å²) in [5.41, 5.74) is 2.19. The Morgan fingerprint density at radius 1 is 1.06 bits per heavy atom. The number of carbonyl (C=O) groups is 1. The van der Waals surface area contributed by atoms with Crippen LogP contribution >= 0.6 is 0 Å². The van der Waals surface area contributed by atoms with Crippen molar-refractivity contribution in [2.24, 2.45) is 0 Å². The third-order valence-electron chi connectivity index (χ3n) is 4.99. The number of ether oxygens (including phenoxy) is 2. The molecule has 0 aliphatic heterocycles. The van der Waals surface area contributed by atoms with Gasteiger partial charge in [-0.1, -0.05) is 32.9 Å². The first-order valence-corrected chi connectivity index (χ1v) is 11.8. The zero-order chi connectivity index (χ0) is 23.4. The average molecular weight is 449 g/mol. The zero-order valence-electron chi connectivity index (χ0n) is 19.2. The molecule has 1 unspecified atom stereocenters. The second kappa shape index (κ2) is 9.60. The summed E-state index contributed by atoms with van der Waals surface area (Å²) in [6.07, 6.45) is 1.09. The number of hydrogen-bond donors (Lipinski definition) is 1. The minimum absolute atomic E-state index is 0.0585. The van der Waals surface area contributed by atoms with Gasteiger partial charge in [0.2, 0.25) is 15.9 Å². The van der Waals surface area contributed by atoms with Gasteiger partial charge in [-0.15, -0.1) is 0 Å². The maximum Gasteiger partial charge on any atom is 0.241 e. The van der Waals surface area contributed by atoms with E-state index in [4.69, 9.17) is 9.47 Å². The topological polar surface area (TPSA) is 84.9 Å². The fraction of sp³-hybridized carbons (Fsp3) is 0.435. The highest BCUT2D eigenvalue weighted by Gasteiger charge is 2.23. The van der Waals surface area contributed by atoms with E-state index in [9.17, 15) is 13.2 Å². The predicted octanol–water partition coefficient (Wildman–Crippen LogP) is 3.64. The van der Waals surface area contributed by atoms with Crippen LogP contribution in [-0.4, -0.2) is 41.3 Å². The van der Waals surface area contributed by atoms with Crippen molar-refractivity contribution >= 4 is 21.6 Å². The molecule has 0 radical (unpaired) electrons. The molecule has 1 atom stereocenters. The van der Waals surface area contributed by atoms with Crippen molar-refractivity contribution in [2.45, 2.75) is 39.2 Å². The Bertz CT molecular complexity index is 1010. The Labute approximate surface area is 185 Å². The van der Waals surface area contributed by atoms with Gasteiger partial charge in [-0.3, -0.25) is 9.10 Å². The first-order valence-electron chi connectivity index (χ1n) is 9.96. The van der Waals surface area contributed by atoms with Crippen LogP contribution in [0.15, 0.2) is 42.5 Å². The molecule has 0 saturated heterocycles. The molecule has 7 nitrogen and oxygen atoms in total. The average Bonchev–Trinajstić information content (AvgIpc) is 2.70. The van der Waals surface area contributed by atoms with Gasteiger partial charge < -0.3 is 14.8 Å². The zero-order valence-corrected chi connectivity index (χ0v) is 20.0. The van der Waals surface area contributed by atoms with Crippen LogP contribution in [0.25, 0.3) is 0 Å². The fourth-order valence-electron chi connectivity index (χ4n) is 3.20. The monoisotopic (exact) mass is 448 g/mol. The van der Waals surface area contributed by atoms with E-state index in [0.717, 1.165) is 21.7 Å². The molecular weight excluding hydrogens is 416 g/mol. The molecule has 0 saturated carbocycles. The second-order valence-electron chi connectivity index (χ2n) is 8.46. The Balaban J connectivity index is 2.22. The molecule has 8 heteroatoms. The molecule has 2 aromatic carbocycles. The van der Waals surface area contributed by atoms with Crippen LogP contribution in [-0.2, 0) is 20.2 Å². The van der Waals surface area contributed by atoms with E-state index in [1.807, 2.05) is 12.1 Å². The fourth-order valence-corrected chi connectivity index (χ4v) is 4.06. The van der Waals surface area contributed by atoms with Crippen LogP contribution in [0.5, 0.6) is 11.5 Å². The van der Waals surface area contributed by atoms with Gasteiger partial charge in [-0.25, -0.2) is 8.42 Å². The molecule has 0 spiro atoms. The summed E-state index contributed by atoms with van der Waals surface area (Å²) in [6.45, 7) is 7.72. The lowest BCUT2D eigenvalue weighted by Gasteiger charge is -2.25. The summed E-state index contributed by atoms with van der Waals surface area (Å²) < 4.78 is 36.5. The molecule has 0 aromatic heterocycles. The second-order valence-corrected chi connectivity index (χ2v) is 10.4. The van der Waals surface area contributed by atoms with Crippen molar-refractivity contribution in [3.05, 3.63) is 53.6 Å². The van der Waals surface area contributed by atoms with Gasteiger partial charge in [-0.2, -0.15) is 0 Å². The van der Waals surface area contributed by atoms with Crippen LogP contribution in [0.2, 0.25) is 0 Å². The molecule has 2 rings (SSSR count). The van der Waals surface area contributed by atoms with Crippen LogP contribution < -0.4 is 19.1 Å². The maximum absolute atomic E-state index is 12.7. The number of methoxy groups -OCH3 is 2. The SMILES string of the molecule is COc1ccc(OC)c(C(C)NC(=O)CN(c2ccc(C(C)(C)C)cc2)S(C)(=O)=O)c1. The van der Waals surface area contributed by atoms with Crippen molar-refractivity contribution < 1.29 is 22.7 Å². The minimum Gasteiger partial charge on any atom is -0.497 e. The van der Waals surface area contributed by atoms with Gasteiger partial charge in [0.25, 0.3) is 0 Å². The smallest absolute Gasteiger partial charge is 0.241 e. The summed E-state index contributed by atoms with van der Waals surface area (Å²) in [5.74, 6) is 0.808. The lowest BCUT2D eigenvalue weighted by Crippen LogP contribution is -2.41. The van der Waals surface area contributed by atoms with E-state index >= 15 is 0 Å². The third-order valence-corrected chi connectivity index (χ3v) is 6.13. The molecule has 0 heterocycles. The van der Waals surface area contributed by atoms with Crippen LogP contribution in [0.4, 0.5) is 5.69 Å². The number of benzene rings is 2. The number of carbonyl (C=O) groups excluding carboxylic acids is 1. The summed E-state index contributed by atoms with van der Waals surface area (Å²) in [6, 6.07) is 12.1. The minimum atomic E-state index is -3.66. The largest absolute Gasteiger partial charge is 0.497 e. The molecular formula is C23H32N2O5S. The Morgan fingerprint density at radius 2 is 1.68 bits per heavy atom. The van der Waals surface area contributed by atoms with E-state index in [0.29, 0.717) is 17.2 Å². The van der Waals surface area contributed by atoms with Crippen molar-refractivity contribution in [1.82, 2.24) is 5.32 Å². The Hall–Kier alpha value is -2.74. The molecule has 170 valence electrons. The first-order chi connectivity index (χ1) is 14.4. The molecule has 0 aliphatic rings. The molecule has 2 aromatic rings. The molecule has 0 fully saturated rings. The van der Waals surface area contributed by atoms with Crippen molar-refractivity contribution in [3.63, 3.8) is 0 Å². The summed E-state index contributed by atoms with van der Waals surface area (Å²) in [7, 11) is -0.550. The van der Waals surface area contributed by atoms with Crippen LogP contribution in [0.3, 0.4) is 0 Å². The van der Waals surface area contributed by atoms with E-state index in [1.165, 1.54) is 0 Å². The van der Waals surface area contributed by atoms with E-state index < -0.39 is 22.0 Å². The number of amides is 1. The quantitative estimate of drug-likeness (QED) is 0.666. The Kier molecular flexibility index (Phi) is 7.59. The lowest BCUT2D eigenvalue weighted by molar-refractivity contribution is -0.120.